The number of benzene rings is 1. The molecule has 1 aromatic carbocycles. The standard InChI is InChI=1S/C15H17NO3/c1-15(18,9-16-14(17)10-6-7-10)13-8-11-4-2-3-5-12(11)19-13/h2-5,8,10,18H,6-7,9H2,1H3,(H,16,17)/t15-/m0/s1. The second-order valence-corrected chi connectivity index (χ2v) is 5.41. The Morgan fingerprint density at radius 2 is 2.21 bits per heavy atom. The summed E-state index contributed by atoms with van der Waals surface area (Å²) in [5, 5.41) is 14.2. The highest BCUT2D eigenvalue weighted by molar-refractivity contribution is 5.81. The lowest BCUT2D eigenvalue weighted by molar-refractivity contribution is -0.123. The average molecular weight is 259 g/mol. The number of fused-ring (bicyclic) bond motifs is 1. The van der Waals surface area contributed by atoms with E-state index in [0.29, 0.717) is 5.76 Å². The summed E-state index contributed by atoms with van der Waals surface area (Å²) >= 11 is 0. The smallest absolute Gasteiger partial charge is 0.223 e. The van der Waals surface area contributed by atoms with Crippen LogP contribution in [0, 0.1) is 5.92 Å². The van der Waals surface area contributed by atoms with Crippen LogP contribution in [0.5, 0.6) is 0 Å². The molecule has 1 amide bonds. The molecule has 1 aromatic heterocycles. The number of hydrogen-bond acceptors (Lipinski definition) is 3. The van der Waals surface area contributed by atoms with Gasteiger partial charge in [0.15, 0.2) is 0 Å². The highest BCUT2D eigenvalue weighted by Crippen LogP contribution is 2.30. The van der Waals surface area contributed by atoms with Gasteiger partial charge in [-0.3, -0.25) is 4.79 Å². The summed E-state index contributed by atoms with van der Waals surface area (Å²) in [7, 11) is 0. The first-order valence-electron chi connectivity index (χ1n) is 6.55. The van der Waals surface area contributed by atoms with Crippen molar-refractivity contribution in [1.82, 2.24) is 5.32 Å². The molecule has 1 fully saturated rings. The molecule has 100 valence electrons. The fraction of sp³-hybridized carbons (Fsp3) is 0.400. The zero-order valence-corrected chi connectivity index (χ0v) is 10.8. The molecule has 0 unspecified atom stereocenters. The molecule has 3 rings (SSSR count). The predicted molar refractivity (Wildman–Crippen MR) is 71.5 cm³/mol. The summed E-state index contributed by atoms with van der Waals surface area (Å²) in [4.78, 5) is 11.6. The van der Waals surface area contributed by atoms with Crippen LogP contribution in [-0.4, -0.2) is 17.6 Å². The molecule has 19 heavy (non-hydrogen) atoms. The molecule has 4 nitrogen and oxygen atoms in total. The van der Waals surface area contributed by atoms with E-state index in [9.17, 15) is 9.90 Å². The number of nitrogens with one attached hydrogen (secondary N) is 1. The van der Waals surface area contributed by atoms with Gasteiger partial charge in [0.1, 0.15) is 16.9 Å². The van der Waals surface area contributed by atoms with Gasteiger partial charge in [0.2, 0.25) is 5.91 Å². The quantitative estimate of drug-likeness (QED) is 0.884. The zero-order valence-electron chi connectivity index (χ0n) is 10.8. The molecule has 1 atom stereocenters. The van der Waals surface area contributed by atoms with Gasteiger partial charge < -0.3 is 14.8 Å². The maximum absolute atomic E-state index is 11.6. The highest BCUT2D eigenvalue weighted by Gasteiger charge is 2.33. The Kier molecular flexibility index (Phi) is 2.82. The third kappa shape index (κ3) is 2.49. The number of carbonyl (C=O) groups is 1. The number of aliphatic hydroxyl groups is 1. The van der Waals surface area contributed by atoms with E-state index >= 15 is 0 Å². The van der Waals surface area contributed by atoms with Gasteiger partial charge >= 0.3 is 0 Å². The number of amides is 1. The highest BCUT2D eigenvalue weighted by atomic mass is 16.4. The SMILES string of the molecule is C[C@](O)(CNC(=O)C1CC1)c1cc2ccccc2o1. The molecule has 0 bridgehead atoms. The lowest BCUT2D eigenvalue weighted by Crippen LogP contribution is -2.39. The van der Waals surface area contributed by atoms with E-state index in [2.05, 4.69) is 5.32 Å². The number of hydrogen-bond donors (Lipinski definition) is 2. The molecule has 4 heteroatoms. The van der Waals surface area contributed by atoms with E-state index in [1.165, 1.54) is 0 Å². The van der Waals surface area contributed by atoms with Crippen LogP contribution in [0.4, 0.5) is 0 Å². The molecular weight excluding hydrogens is 242 g/mol. The van der Waals surface area contributed by atoms with Gasteiger partial charge in [-0.15, -0.1) is 0 Å². The minimum absolute atomic E-state index is 0.0244. The van der Waals surface area contributed by atoms with Crippen molar-refractivity contribution in [2.45, 2.75) is 25.4 Å². The molecule has 0 spiro atoms. The largest absolute Gasteiger partial charge is 0.458 e. The van der Waals surface area contributed by atoms with Crippen molar-refractivity contribution in [3.05, 3.63) is 36.1 Å². The van der Waals surface area contributed by atoms with Crippen molar-refractivity contribution in [2.24, 2.45) is 5.92 Å². The summed E-state index contributed by atoms with van der Waals surface area (Å²) in [6, 6.07) is 9.42. The van der Waals surface area contributed by atoms with E-state index in [1.807, 2.05) is 30.3 Å². The van der Waals surface area contributed by atoms with E-state index in [4.69, 9.17) is 4.42 Å². The van der Waals surface area contributed by atoms with Crippen molar-refractivity contribution in [3.8, 4) is 0 Å². The lowest BCUT2D eigenvalue weighted by Gasteiger charge is -2.21. The fourth-order valence-corrected chi connectivity index (χ4v) is 2.08. The monoisotopic (exact) mass is 259 g/mol. The number of furan rings is 1. The molecule has 1 saturated carbocycles. The average Bonchev–Trinajstić information content (AvgIpc) is 3.14. The Bertz CT molecular complexity index is 578. The minimum Gasteiger partial charge on any atom is -0.458 e. The summed E-state index contributed by atoms with van der Waals surface area (Å²) in [6.45, 7) is 1.82. The second kappa shape index (κ2) is 4.38. The summed E-state index contributed by atoms with van der Waals surface area (Å²) < 4.78 is 5.64. The Labute approximate surface area is 111 Å². The van der Waals surface area contributed by atoms with Crippen LogP contribution in [0.25, 0.3) is 11.0 Å². The van der Waals surface area contributed by atoms with Gasteiger partial charge in [-0.1, -0.05) is 18.2 Å². The maximum Gasteiger partial charge on any atom is 0.223 e. The first-order valence-corrected chi connectivity index (χ1v) is 6.55. The van der Waals surface area contributed by atoms with Crippen molar-refractivity contribution in [3.63, 3.8) is 0 Å². The van der Waals surface area contributed by atoms with Gasteiger partial charge in [-0.25, -0.2) is 0 Å². The Morgan fingerprint density at radius 3 is 2.89 bits per heavy atom. The number of carbonyl (C=O) groups excluding carboxylic acids is 1. The molecule has 1 aliphatic rings. The van der Waals surface area contributed by atoms with Crippen molar-refractivity contribution >= 4 is 16.9 Å². The molecule has 0 aliphatic heterocycles. The maximum atomic E-state index is 11.6. The van der Waals surface area contributed by atoms with Gasteiger partial charge in [0, 0.05) is 11.3 Å². The first-order chi connectivity index (χ1) is 9.06. The first kappa shape index (κ1) is 12.2. The van der Waals surface area contributed by atoms with Crippen LogP contribution in [0.15, 0.2) is 34.7 Å². The molecule has 0 radical (unpaired) electrons. The van der Waals surface area contributed by atoms with E-state index in [1.54, 1.807) is 6.92 Å². The predicted octanol–water partition coefficient (Wildman–Crippen LogP) is 2.17. The zero-order chi connectivity index (χ0) is 13.5. The van der Waals surface area contributed by atoms with E-state index in [0.717, 1.165) is 23.8 Å². The molecule has 2 N–H and O–H groups in total. The molecular formula is C15H17NO3. The van der Waals surface area contributed by atoms with Gasteiger partial charge in [-0.05, 0) is 31.9 Å². The number of para-hydroxylation sites is 1. The summed E-state index contributed by atoms with van der Waals surface area (Å²) in [5.41, 5.74) is -0.449. The van der Waals surface area contributed by atoms with E-state index < -0.39 is 5.60 Å². The van der Waals surface area contributed by atoms with E-state index in [-0.39, 0.29) is 18.4 Å². The van der Waals surface area contributed by atoms with Crippen LogP contribution in [0.2, 0.25) is 0 Å². The van der Waals surface area contributed by atoms with Gasteiger partial charge in [0.25, 0.3) is 0 Å². The third-order valence-electron chi connectivity index (χ3n) is 3.51. The van der Waals surface area contributed by atoms with Crippen LogP contribution < -0.4 is 5.32 Å². The van der Waals surface area contributed by atoms with Gasteiger partial charge in [0.05, 0.1) is 6.54 Å². The van der Waals surface area contributed by atoms with Crippen LogP contribution >= 0.6 is 0 Å². The lowest BCUT2D eigenvalue weighted by atomic mass is 10.0. The molecule has 2 aromatic rings. The molecule has 1 heterocycles. The minimum atomic E-state index is -1.19. The van der Waals surface area contributed by atoms with Crippen LogP contribution in [0.3, 0.4) is 0 Å². The Hall–Kier alpha value is -1.81. The normalized spacial score (nSPS) is 18.2. The topological polar surface area (TPSA) is 62.5 Å². The van der Waals surface area contributed by atoms with Crippen molar-refractivity contribution in [1.29, 1.82) is 0 Å². The van der Waals surface area contributed by atoms with Crippen molar-refractivity contribution in [2.75, 3.05) is 6.54 Å². The van der Waals surface area contributed by atoms with Gasteiger partial charge in [-0.2, -0.15) is 0 Å². The summed E-state index contributed by atoms with van der Waals surface area (Å²) in [5.74, 6) is 0.646. The molecule has 0 saturated heterocycles. The summed E-state index contributed by atoms with van der Waals surface area (Å²) in [6.07, 6.45) is 1.91. The van der Waals surface area contributed by atoms with Crippen molar-refractivity contribution < 1.29 is 14.3 Å². The van der Waals surface area contributed by atoms with Crippen LogP contribution in [0.1, 0.15) is 25.5 Å². The van der Waals surface area contributed by atoms with Crippen LogP contribution in [-0.2, 0) is 10.4 Å². The third-order valence-corrected chi connectivity index (χ3v) is 3.51. The second-order valence-electron chi connectivity index (χ2n) is 5.41. The Balaban J connectivity index is 1.76. The fourth-order valence-electron chi connectivity index (χ4n) is 2.08. The Morgan fingerprint density at radius 1 is 1.47 bits per heavy atom. The number of rotatable bonds is 4. The molecule has 1 aliphatic carbocycles.